The Hall–Kier alpha value is -1.88. The van der Waals surface area contributed by atoms with Crippen molar-refractivity contribution in [1.29, 1.82) is 0 Å². The van der Waals surface area contributed by atoms with Crippen molar-refractivity contribution in [2.75, 3.05) is 7.11 Å². The standard InChI is InChI=1S/C20H24O5/c1-24-17(21)16-4-2-3-13(6-16)11-25-18(22)19-7-14-5-15(8-19)10-20(23,9-14)12-19/h2-4,6,14-15,23H,5,7-12H2,1H3/t14-,15+,19?,20?. The largest absolute Gasteiger partial charge is 0.465 e. The second kappa shape index (κ2) is 5.84. The first-order chi connectivity index (χ1) is 11.9. The van der Waals surface area contributed by atoms with E-state index < -0.39 is 17.0 Å². The molecule has 0 heterocycles. The van der Waals surface area contributed by atoms with E-state index in [9.17, 15) is 14.7 Å². The first kappa shape index (κ1) is 16.6. The summed E-state index contributed by atoms with van der Waals surface area (Å²) in [7, 11) is 1.34. The quantitative estimate of drug-likeness (QED) is 0.850. The minimum absolute atomic E-state index is 0.138. The van der Waals surface area contributed by atoms with Gasteiger partial charge in [-0.25, -0.2) is 4.79 Å². The van der Waals surface area contributed by atoms with Crippen molar-refractivity contribution in [3.63, 3.8) is 0 Å². The fraction of sp³-hybridized carbons (Fsp3) is 0.600. The summed E-state index contributed by atoms with van der Waals surface area (Å²) in [6.07, 6.45) is 5.02. The number of benzene rings is 1. The maximum atomic E-state index is 12.9. The molecule has 4 fully saturated rings. The lowest BCUT2D eigenvalue weighted by molar-refractivity contribution is -0.197. The van der Waals surface area contributed by atoms with Crippen molar-refractivity contribution in [2.45, 2.75) is 50.7 Å². The van der Waals surface area contributed by atoms with E-state index in [1.54, 1.807) is 18.2 Å². The zero-order valence-electron chi connectivity index (χ0n) is 14.5. The van der Waals surface area contributed by atoms with E-state index in [1.165, 1.54) is 7.11 Å². The predicted octanol–water partition coefficient (Wildman–Crippen LogP) is 2.85. The number of carbonyl (C=O) groups is 2. The number of methoxy groups -OCH3 is 1. The van der Waals surface area contributed by atoms with Gasteiger partial charge >= 0.3 is 11.9 Å². The topological polar surface area (TPSA) is 72.8 Å². The molecule has 1 N–H and O–H groups in total. The van der Waals surface area contributed by atoms with Crippen molar-refractivity contribution in [3.05, 3.63) is 35.4 Å². The highest BCUT2D eigenvalue weighted by Crippen LogP contribution is 2.62. The van der Waals surface area contributed by atoms with Crippen LogP contribution in [-0.2, 0) is 20.9 Å². The maximum Gasteiger partial charge on any atom is 0.337 e. The average Bonchev–Trinajstić information content (AvgIpc) is 2.57. The first-order valence-corrected chi connectivity index (χ1v) is 8.98. The number of esters is 2. The molecule has 0 spiro atoms. The Balaban J connectivity index is 1.45. The van der Waals surface area contributed by atoms with Crippen LogP contribution in [0.2, 0.25) is 0 Å². The van der Waals surface area contributed by atoms with Gasteiger partial charge in [-0.3, -0.25) is 4.79 Å². The Morgan fingerprint density at radius 2 is 1.92 bits per heavy atom. The number of rotatable bonds is 4. The van der Waals surface area contributed by atoms with Crippen LogP contribution in [0, 0.1) is 17.3 Å². The van der Waals surface area contributed by atoms with Gasteiger partial charge in [-0.2, -0.15) is 0 Å². The highest BCUT2D eigenvalue weighted by atomic mass is 16.5. The fourth-order valence-electron chi connectivity index (χ4n) is 5.66. The molecule has 134 valence electrons. The van der Waals surface area contributed by atoms with E-state index in [4.69, 9.17) is 9.47 Å². The van der Waals surface area contributed by atoms with Crippen molar-refractivity contribution in [1.82, 2.24) is 0 Å². The molecule has 5 nitrogen and oxygen atoms in total. The Morgan fingerprint density at radius 1 is 1.20 bits per heavy atom. The van der Waals surface area contributed by atoms with E-state index in [-0.39, 0.29) is 12.6 Å². The molecule has 25 heavy (non-hydrogen) atoms. The summed E-state index contributed by atoms with van der Waals surface area (Å²) < 4.78 is 10.3. The first-order valence-electron chi connectivity index (χ1n) is 8.98. The molecule has 0 amide bonds. The Labute approximate surface area is 147 Å². The molecule has 1 aromatic carbocycles. The lowest BCUT2D eigenvalue weighted by atomic mass is 9.48. The SMILES string of the molecule is COC(=O)c1cccc(COC(=O)C23C[C@@H]4C[C@@H](CC(O)(C4)C2)C3)c1. The summed E-state index contributed by atoms with van der Waals surface area (Å²) in [4.78, 5) is 24.5. The van der Waals surface area contributed by atoms with Crippen LogP contribution >= 0.6 is 0 Å². The second-order valence-corrected chi connectivity index (χ2v) is 8.23. The van der Waals surface area contributed by atoms with E-state index in [1.807, 2.05) is 6.07 Å². The van der Waals surface area contributed by atoms with Gasteiger partial charge in [0.15, 0.2) is 0 Å². The summed E-state index contributed by atoms with van der Waals surface area (Å²) in [5.41, 5.74) is 0.0204. The van der Waals surface area contributed by atoms with Crippen LogP contribution in [0.1, 0.15) is 54.4 Å². The van der Waals surface area contributed by atoms with Crippen LogP contribution in [0.5, 0.6) is 0 Å². The number of aliphatic hydroxyl groups is 1. The lowest BCUT2D eigenvalue weighted by Gasteiger charge is -2.58. The third-order valence-electron chi connectivity index (χ3n) is 6.18. The zero-order chi connectivity index (χ0) is 17.7. The molecular weight excluding hydrogens is 320 g/mol. The average molecular weight is 344 g/mol. The molecule has 5 heteroatoms. The Kier molecular flexibility index (Phi) is 3.87. The summed E-state index contributed by atoms with van der Waals surface area (Å²) in [5, 5.41) is 10.8. The molecule has 1 aromatic rings. The molecule has 0 aromatic heterocycles. The Morgan fingerprint density at radius 3 is 2.56 bits per heavy atom. The second-order valence-electron chi connectivity index (χ2n) is 8.23. The molecular formula is C20H24O5. The monoisotopic (exact) mass is 344 g/mol. The minimum Gasteiger partial charge on any atom is -0.465 e. The van der Waals surface area contributed by atoms with Gasteiger partial charge in [0.05, 0.1) is 23.7 Å². The number of hydrogen-bond donors (Lipinski definition) is 1. The predicted molar refractivity (Wildman–Crippen MR) is 89.6 cm³/mol. The fourth-order valence-corrected chi connectivity index (χ4v) is 5.66. The van der Waals surface area contributed by atoms with Crippen molar-refractivity contribution in [3.8, 4) is 0 Å². The van der Waals surface area contributed by atoms with Gasteiger partial charge in [-0.15, -0.1) is 0 Å². The van der Waals surface area contributed by atoms with Gasteiger partial charge in [-0.1, -0.05) is 12.1 Å². The van der Waals surface area contributed by atoms with Crippen LogP contribution in [0.4, 0.5) is 0 Å². The highest BCUT2D eigenvalue weighted by Gasteiger charge is 2.60. The van der Waals surface area contributed by atoms with Crippen molar-refractivity contribution >= 4 is 11.9 Å². The van der Waals surface area contributed by atoms with Crippen molar-refractivity contribution in [2.24, 2.45) is 17.3 Å². The molecule has 4 saturated carbocycles. The van der Waals surface area contributed by atoms with E-state index in [2.05, 4.69) is 0 Å². The van der Waals surface area contributed by atoms with Gasteiger partial charge in [-0.05, 0) is 68.1 Å². The molecule has 0 saturated heterocycles. The molecule has 2 unspecified atom stereocenters. The van der Waals surface area contributed by atoms with Gasteiger partial charge in [0.25, 0.3) is 0 Å². The minimum atomic E-state index is -0.673. The van der Waals surface area contributed by atoms with Gasteiger partial charge in [0.2, 0.25) is 0 Å². The van der Waals surface area contributed by atoms with Gasteiger partial charge < -0.3 is 14.6 Å². The third kappa shape index (κ3) is 2.95. The zero-order valence-corrected chi connectivity index (χ0v) is 14.5. The smallest absolute Gasteiger partial charge is 0.337 e. The summed E-state index contributed by atoms with van der Waals surface area (Å²) in [5.74, 6) is 0.294. The van der Waals surface area contributed by atoms with E-state index >= 15 is 0 Å². The normalized spacial score (nSPS) is 35.4. The number of ether oxygens (including phenoxy) is 2. The lowest BCUT2D eigenvalue weighted by Crippen LogP contribution is -2.58. The summed E-state index contributed by atoms with van der Waals surface area (Å²) >= 11 is 0. The molecule has 0 radical (unpaired) electrons. The van der Waals surface area contributed by atoms with E-state index in [0.717, 1.165) is 37.7 Å². The summed E-state index contributed by atoms with van der Waals surface area (Å²) in [6, 6.07) is 6.94. The number of carbonyl (C=O) groups excluding carboxylic acids is 2. The highest BCUT2D eigenvalue weighted by molar-refractivity contribution is 5.89. The molecule has 4 atom stereocenters. The molecule has 4 aliphatic rings. The maximum absolute atomic E-state index is 12.9. The van der Waals surface area contributed by atoms with Crippen molar-refractivity contribution < 1.29 is 24.2 Å². The Bertz CT molecular complexity index is 696. The molecule has 4 aliphatic carbocycles. The number of hydrogen-bond acceptors (Lipinski definition) is 5. The molecule has 0 aliphatic heterocycles. The molecule has 5 rings (SSSR count). The third-order valence-corrected chi connectivity index (χ3v) is 6.18. The van der Waals surface area contributed by atoms with E-state index in [0.29, 0.717) is 23.8 Å². The summed E-state index contributed by atoms with van der Waals surface area (Å²) in [6.45, 7) is 0.138. The van der Waals surface area contributed by atoms with Crippen LogP contribution in [0.25, 0.3) is 0 Å². The molecule has 4 bridgehead atoms. The van der Waals surface area contributed by atoms with Gasteiger partial charge in [0.1, 0.15) is 6.61 Å². The van der Waals surface area contributed by atoms with Crippen LogP contribution in [-0.4, -0.2) is 29.8 Å². The van der Waals surface area contributed by atoms with Crippen LogP contribution in [0.3, 0.4) is 0 Å². The van der Waals surface area contributed by atoms with Gasteiger partial charge in [0, 0.05) is 0 Å². The van der Waals surface area contributed by atoms with Crippen LogP contribution in [0.15, 0.2) is 24.3 Å². The van der Waals surface area contributed by atoms with Crippen LogP contribution < -0.4 is 0 Å².